The highest BCUT2D eigenvalue weighted by Crippen LogP contribution is 2.15. The zero-order valence-electron chi connectivity index (χ0n) is 12.4. The first-order chi connectivity index (χ1) is 10.8. The minimum atomic E-state index is -0.0831. The number of thiophene rings is 1. The van der Waals surface area contributed by atoms with E-state index in [9.17, 15) is 4.79 Å². The predicted octanol–water partition coefficient (Wildman–Crippen LogP) is 3.23. The minimum absolute atomic E-state index is 0.0831. The van der Waals surface area contributed by atoms with Crippen LogP contribution < -0.4 is 5.32 Å². The summed E-state index contributed by atoms with van der Waals surface area (Å²) < 4.78 is 10.9. The number of amides is 2. The second kappa shape index (κ2) is 7.47. The standard InChI is InChI=1S/C16H20N2O3S/c19-16(17-10-13-4-1-7-20-13)18(11-14-5-2-8-21-14)12-15-6-3-9-22-15/h2-3,5-6,8-9,13H,1,4,7,10-12H2,(H,17,19)/t13-/m0/s1. The highest BCUT2D eigenvalue weighted by Gasteiger charge is 2.20. The minimum Gasteiger partial charge on any atom is -0.467 e. The van der Waals surface area contributed by atoms with Gasteiger partial charge in [0.05, 0.1) is 25.5 Å². The number of carbonyl (C=O) groups is 1. The third kappa shape index (κ3) is 4.11. The maximum absolute atomic E-state index is 12.5. The molecule has 0 spiro atoms. The topological polar surface area (TPSA) is 54.7 Å². The molecule has 1 saturated heterocycles. The fourth-order valence-electron chi connectivity index (χ4n) is 2.50. The Bertz CT molecular complexity index is 526. The highest BCUT2D eigenvalue weighted by atomic mass is 32.1. The van der Waals surface area contributed by atoms with Crippen molar-refractivity contribution in [2.24, 2.45) is 0 Å². The average molecular weight is 320 g/mol. The summed E-state index contributed by atoms with van der Waals surface area (Å²) >= 11 is 1.65. The van der Waals surface area contributed by atoms with E-state index in [0.29, 0.717) is 19.6 Å². The van der Waals surface area contributed by atoms with Gasteiger partial charge in [-0.15, -0.1) is 11.3 Å². The highest BCUT2D eigenvalue weighted by molar-refractivity contribution is 7.09. The number of urea groups is 1. The molecule has 0 bridgehead atoms. The van der Waals surface area contributed by atoms with Crippen LogP contribution in [0.1, 0.15) is 23.5 Å². The molecular formula is C16H20N2O3S. The second-order valence-corrected chi connectivity index (χ2v) is 6.37. The van der Waals surface area contributed by atoms with Gasteiger partial charge in [0.1, 0.15) is 5.76 Å². The van der Waals surface area contributed by atoms with Gasteiger partial charge in [0.15, 0.2) is 0 Å². The van der Waals surface area contributed by atoms with Crippen molar-refractivity contribution in [3.63, 3.8) is 0 Å². The lowest BCUT2D eigenvalue weighted by atomic mass is 10.2. The van der Waals surface area contributed by atoms with E-state index in [2.05, 4.69) is 5.32 Å². The SMILES string of the molecule is O=C(NC[C@@H]1CCCO1)N(Cc1ccco1)Cc1cccs1. The number of furan rings is 1. The Hall–Kier alpha value is -1.79. The molecule has 0 unspecified atom stereocenters. The van der Waals surface area contributed by atoms with E-state index < -0.39 is 0 Å². The molecule has 22 heavy (non-hydrogen) atoms. The first-order valence-corrected chi connectivity index (χ1v) is 8.38. The van der Waals surface area contributed by atoms with Crippen molar-refractivity contribution >= 4 is 17.4 Å². The maximum Gasteiger partial charge on any atom is 0.318 e. The van der Waals surface area contributed by atoms with Gasteiger partial charge in [-0.25, -0.2) is 4.79 Å². The Morgan fingerprint density at radius 2 is 2.32 bits per heavy atom. The number of hydrogen-bond donors (Lipinski definition) is 1. The molecule has 1 fully saturated rings. The Morgan fingerprint density at radius 3 is 3.00 bits per heavy atom. The Balaban J connectivity index is 1.59. The van der Waals surface area contributed by atoms with Gasteiger partial charge in [-0.05, 0) is 36.4 Å². The Morgan fingerprint density at radius 1 is 1.36 bits per heavy atom. The van der Waals surface area contributed by atoms with Gasteiger partial charge in [0, 0.05) is 18.0 Å². The van der Waals surface area contributed by atoms with Crippen LogP contribution in [-0.4, -0.2) is 30.2 Å². The molecule has 1 atom stereocenters. The van der Waals surface area contributed by atoms with Crippen LogP contribution in [0.2, 0.25) is 0 Å². The van der Waals surface area contributed by atoms with Gasteiger partial charge in [-0.2, -0.15) is 0 Å². The largest absolute Gasteiger partial charge is 0.467 e. The van der Waals surface area contributed by atoms with Crippen LogP contribution in [0.4, 0.5) is 4.79 Å². The maximum atomic E-state index is 12.5. The van der Waals surface area contributed by atoms with E-state index in [-0.39, 0.29) is 12.1 Å². The summed E-state index contributed by atoms with van der Waals surface area (Å²) in [5.74, 6) is 0.781. The number of carbonyl (C=O) groups excluding carboxylic acids is 1. The molecule has 2 amide bonds. The summed E-state index contributed by atoms with van der Waals surface area (Å²) in [5.41, 5.74) is 0. The van der Waals surface area contributed by atoms with E-state index in [1.807, 2.05) is 29.6 Å². The molecule has 0 aromatic carbocycles. The molecular weight excluding hydrogens is 300 g/mol. The van der Waals surface area contributed by atoms with E-state index in [4.69, 9.17) is 9.15 Å². The molecule has 6 heteroatoms. The van der Waals surface area contributed by atoms with Gasteiger partial charge >= 0.3 is 6.03 Å². The summed E-state index contributed by atoms with van der Waals surface area (Å²) in [6.45, 7) is 2.40. The van der Waals surface area contributed by atoms with Crippen LogP contribution in [0.25, 0.3) is 0 Å². The van der Waals surface area contributed by atoms with E-state index in [1.165, 1.54) is 0 Å². The van der Waals surface area contributed by atoms with Gasteiger partial charge in [0.2, 0.25) is 0 Å². The lowest BCUT2D eigenvalue weighted by Gasteiger charge is -2.22. The van der Waals surface area contributed by atoms with Crippen LogP contribution in [0.15, 0.2) is 40.3 Å². The fourth-order valence-corrected chi connectivity index (χ4v) is 3.22. The summed E-state index contributed by atoms with van der Waals surface area (Å²) in [5, 5.41) is 4.99. The zero-order chi connectivity index (χ0) is 15.2. The van der Waals surface area contributed by atoms with Crippen LogP contribution in [0, 0.1) is 0 Å². The second-order valence-electron chi connectivity index (χ2n) is 5.34. The van der Waals surface area contributed by atoms with Gasteiger partial charge < -0.3 is 19.4 Å². The van der Waals surface area contributed by atoms with Crippen LogP contribution in [0.3, 0.4) is 0 Å². The lowest BCUT2D eigenvalue weighted by molar-refractivity contribution is 0.108. The van der Waals surface area contributed by atoms with Crippen molar-refractivity contribution in [1.29, 1.82) is 0 Å². The quantitative estimate of drug-likeness (QED) is 0.889. The molecule has 5 nitrogen and oxygen atoms in total. The summed E-state index contributed by atoms with van der Waals surface area (Å²) in [7, 11) is 0. The van der Waals surface area contributed by atoms with Crippen LogP contribution in [-0.2, 0) is 17.8 Å². The van der Waals surface area contributed by atoms with Gasteiger partial charge in [-0.1, -0.05) is 6.07 Å². The van der Waals surface area contributed by atoms with E-state index in [1.54, 1.807) is 22.5 Å². The molecule has 3 rings (SSSR count). The van der Waals surface area contributed by atoms with Crippen molar-refractivity contribution in [2.75, 3.05) is 13.2 Å². The normalized spacial score (nSPS) is 17.5. The zero-order valence-corrected chi connectivity index (χ0v) is 13.2. The molecule has 1 aliphatic rings. The van der Waals surface area contributed by atoms with Crippen molar-refractivity contribution in [3.05, 3.63) is 46.5 Å². The number of nitrogens with one attached hydrogen (secondary N) is 1. The van der Waals surface area contributed by atoms with E-state index in [0.717, 1.165) is 30.1 Å². The number of ether oxygens (including phenoxy) is 1. The van der Waals surface area contributed by atoms with Crippen LogP contribution in [0.5, 0.6) is 0 Å². The predicted molar refractivity (Wildman–Crippen MR) is 84.6 cm³/mol. The summed E-state index contributed by atoms with van der Waals surface area (Å²) in [6, 6.07) is 7.67. The fraction of sp³-hybridized carbons (Fsp3) is 0.438. The Kier molecular flexibility index (Phi) is 5.13. The van der Waals surface area contributed by atoms with Crippen molar-refractivity contribution in [3.8, 4) is 0 Å². The Labute approximate surface area is 133 Å². The number of rotatable bonds is 6. The average Bonchev–Trinajstić information content (AvgIpc) is 3.27. The first-order valence-electron chi connectivity index (χ1n) is 7.50. The third-order valence-corrected chi connectivity index (χ3v) is 4.51. The smallest absolute Gasteiger partial charge is 0.318 e. The molecule has 0 radical (unpaired) electrons. The monoisotopic (exact) mass is 320 g/mol. The molecule has 2 aromatic heterocycles. The van der Waals surface area contributed by atoms with E-state index >= 15 is 0 Å². The molecule has 3 heterocycles. The molecule has 118 valence electrons. The number of hydrogen-bond acceptors (Lipinski definition) is 4. The third-order valence-electron chi connectivity index (χ3n) is 3.65. The van der Waals surface area contributed by atoms with Crippen molar-refractivity contribution in [1.82, 2.24) is 10.2 Å². The van der Waals surface area contributed by atoms with Crippen molar-refractivity contribution < 1.29 is 13.9 Å². The van der Waals surface area contributed by atoms with Crippen LogP contribution >= 0.6 is 11.3 Å². The first kappa shape index (κ1) is 15.1. The molecule has 0 saturated carbocycles. The van der Waals surface area contributed by atoms with Crippen molar-refractivity contribution in [2.45, 2.75) is 32.0 Å². The summed E-state index contributed by atoms with van der Waals surface area (Å²) in [4.78, 5) is 15.4. The number of nitrogens with zero attached hydrogens (tertiary/aromatic N) is 1. The van der Waals surface area contributed by atoms with Gasteiger partial charge in [-0.3, -0.25) is 0 Å². The molecule has 2 aromatic rings. The molecule has 0 aliphatic carbocycles. The molecule has 1 aliphatic heterocycles. The molecule has 1 N–H and O–H groups in total. The summed E-state index contributed by atoms with van der Waals surface area (Å²) in [6.07, 6.45) is 3.87. The lowest BCUT2D eigenvalue weighted by Crippen LogP contribution is -2.42. The van der Waals surface area contributed by atoms with Gasteiger partial charge in [0.25, 0.3) is 0 Å².